The van der Waals surface area contributed by atoms with Crippen LogP contribution in [0.15, 0.2) is 133 Å². The molecule has 0 aromatic heterocycles. The van der Waals surface area contributed by atoms with E-state index in [1.165, 1.54) is 31.1 Å². The van der Waals surface area contributed by atoms with E-state index in [9.17, 15) is 13.2 Å². The van der Waals surface area contributed by atoms with Gasteiger partial charge in [-0.25, -0.2) is 13.2 Å². The van der Waals surface area contributed by atoms with Crippen LogP contribution < -0.4 is 0 Å². The van der Waals surface area contributed by atoms with Crippen molar-refractivity contribution in [3.8, 4) is 0 Å². The van der Waals surface area contributed by atoms with Gasteiger partial charge in [-0.3, -0.25) is 0 Å². The fourth-order valence-electron chi connectivity index (χ4n) is 3.68. The second-order valence-corrected chi connectivity index (χ2v) is 11.2. The minimum absolute atomic E-state index is 0.0642. The molecule has 2 atom stereocenters. The molecule has 0 aromatic carbocycles. The van der Waals surface area contributed by atoms with Gasteiger partial charge in [0, 0.05) is 11.1 Å². The maximum absolute atomic E-state index is 14.9. The normalized spacial score (nSPS) is 14.5. The highest BCUT2D eigenvalue weighted by Gasteiger charge is 2.15. The average Bonchev–Trinajstić information content (AvgIpc) is 2.92. The van der Waals surface area contributed by atoms with Crippen molar-refractivity contribution in [2.75, 3.05) is 0 Å². The molecule has 0 spiro atoms. The van der Waals surface area contributed by atoms with Gasteiger partial charge >= 0.3 is 0 Å². The molecular weight excluding hydrogens is 501 g/mol. The third kappa shape index (κ3) is 13.8. The zero-order valence-electron chi connectivity index (χ0n) is 25.7. The maximum Gasteiger partial charge on any atom is 0.166 e. The first-order valence-corrected chi connectivity index (χ1v) is 14.2. The lowest BCUT2D eigenvalue weighted by Crippen LogP contribution is -2.08. The summed E-state index contributed by atoms with van der Waals surface area (Å²) in [6.07, 6.45) is 14.0. The molecule has 3 heteroatoms. The van der Waals surface area contributed by atoms with Crippen molar-refractivity contribution in [3.05, 3.63) is 133 Å². The molecule has 0 aliphatic rings. The second kappa shape index (κ2) is 19.1. The summed E-state index contributed by atoms with van der Waals surface area (Å²) < 4.78 is 44.0. The van der Waals surface area contributed by atoms with E-state index in [4.69, 9.17) is 0 Å². The molecule has 0 saturated carbocycles. The molecule has 0 bridgehead atoms. The highest BCUT2D eigenvalue weighted by molar-refractivity contribution is 5.54. The standard InChI is InChI=1S/C37H51F3/c1-13-14-15-16-17-31(9)36(39)37(40)34(12)30(8)23-22-29(7)33(11)35(38)24-32(10)28(6)21-20-27(5)26(4)19-18-25(2)3/h13,21-27H,1,7-12,14-20H2,2-6H3/b23-22-,28-21+,35-24+,37-36-. The van der Waals surface area contributed by atoms with Crippen LogP contribution in [-0.2, 0) is 0 Å². The Morgan fingerprint density at radius 3 is 1.85 bits per heavy atom. The van der Waals surface area contributed by atoms with Crippen LogP contribution >= 0.6 is 0 Å². The Bertz CT molecular complexity index is 1080. The molecule has 0 nitrogen and oxygen atoms in total. The Labute approximate surface area is 243 Å². The first-order valence-electron chi connectivity index (χ1n) is 14.2. The zero-order chi connectivity index (χ0) is 31.0. The van der Waals surface area contributed by atoms with Crippen LogP contribution in [0.2, 0.25) is 0 Å². The third-order valence-electron chi connectivity index (χ3n) is 7.23. The minimum atomic E-state index is -1.11. The van der Waals surface area contributed by atoms with Crippen molar-refractivity contribution in [2.24, 2.45) is 17.8 Å². The van der Waals surface area contributed by atoms with Crippen LogP contribution in [0.5, 0.6) is 0 Å². The van der Waals surface area contributed by atoms with E-state index in [-0.39, 0.29) is 27.9 Å². The Hall–Kier alpha value is -3.07. The lowest BCUT2D eigenvalue weighted by atomic mass is 9.86. The fourth-order valence-corrected chi connectivity index (χ4v) is 3.68. The van der Waals surface area contributed by atoms with Gasteiger partial charge in [-0.15, -0.1) is 6.58 Å². The van der Waals surface area contributed by atoms with Crippen LogP contribution in [0.4, 0.5) is 13.2 Å². The quantitative estimate of drug-likeness (QED) is 0.0800. The van der Waals surface area contributed by atoms with E-state index in [0.717, 1.165) is 24.8 Å². The number of hydrogen-bond donors (Lipinski definition) is 0. The van der Waals surface area contributed by atoms with Crippen molar-refractivity contribution >= 4 is 0 Å². The molecule has 0 aliphatic heterocycles. The van der Waals surface area contributed by atoms with Gasteiger partial charge in [0.15, 0.2) is 11.7 Å². The predicted octanol–water partition coefficient (Wildman–Crippen LogP) is 12.7. The Kier molecular flexibility index (Phi) is 17.6. The SMILES string of the molecule is C=CCCCCC(=C)/C(F)=C(/F)C(=C)C(=C)/C=C\C(=C)C(=C)/C(F)=C\C(=C)/C(C)=C/CC(C)C(C)CCC(C)C. The molecule has 0 amide bonds. The van der Waals surface area contributed by atoms with E-state index in [1.807, 2.05) is 6.92 Å². The summed E-state index contributed by atoms with van der Waals surface area (Å²) in [6, 6.07) is 0. The van der Waals surface area contributed by atoms with Crippen LogP contribution in [0.3, 0.4) is 0 Å². The topological polar surface area (TPSA) is 0 Å². The molecule has 0 aromatic rings. The maximum atomic E-state index is 14.9. The summed E-state index contributed by atoms with van der Waals surface area (Å²) >= 11 is 0. The number of hydrogen-bond acceptors (Lipinski definition) is 0. The number of unbranched alkanes of at least 4 members (excludes halogenated alkanes) is 2. The van der Waals surface area contributed by atoms with Gasteiger partial charge in [0.1, 0.15) is 5.83 Å². The van der Waals surface area contributed by atoms with Gasteiger partial charge in [0.25, 0.3) is 0 Å². The summed E-state index contributed by atoms with van der Waals surface area (Å²) in [6.45, 7) is 37.2. The second-order valence-electron chi connectivity index (χ2n) is 11.2. The molecule has 0 radical (unpaired) electrons. The largest absolute Gasteiger partial charge is 0.206 e. The van der Waals surface area contributed by atoms with Crippen molar-refractivity contribution in [3.63, 3.8) is 0 Å². The predicted molar refractivity (Wildman–Crippen MR) is 172 cm³/mol. The summed E-state index contributed by atoms with van der Waals surface area (Å²) in [4.78, 5) is 0. The van der Waals surface area contributed by atoms with Crippen molar-refractivity contribution in [1.82, 2.24) is 0 Å². The smallest absolute Gasteiger partial charge is 0.166 e. The Morgan fingerprint density at radius 2 is 1.30 bits per heavy atom. The monoisotopic (exact) mass is 552 g/mol. The molecule has 0 heterocycles. The summed E-state index contributed by atoms with van der Waals surface area (Å²) in [5, 5.41) is 0. The minimum Gasteiger partial charge on any atom is -0.206 e. The van der Waals surface area contributed by atoms with Gasteiger partial charge < -0.3 is 0 Å². The average molecular weight is 553 g/mol. The summed E-state index contributed by atoms with van der Waals surface area (Å²) in [7, 11) is 0. The number of rotatable bonds is 20. The van der Waals surface area contributed by atoms with Crippen LogP contribution in [-0.4, -0.2) is 0 Å². The van der Waals surface area contributed by atoms with Gasteiger partial charge in [0.05, 0.1) is 0 Å². The summed E-state index contributed by atoms with van der Waals surface area (Å²) in [5.41, 5.74) is 1.79. The first-order chi connectivity index (χ1) is 18.6. The number of allylic oxidation sites excluding steroid dienone is 15. The van der Waals surface area contributed by atoms with E-state index < -0.39 is 17.5 Å². The number of halogens is 3. The first kappa shape index (κ1) is 36.9. The van der Waals surface area contributed by atoms with Crippen LogP contribution in [0, 0.1) is 17.8 Å². The van der Waals surface area contributed by atoms with Gasteiger partial charge in [0.2, 0.25) is 0 Å². The van der Waals surface area contributed by atoms with Crippen molar-refractivity contribution in [2.45, 2.75) is 79.6 Å². The lowest BCUT2D eigenvalue weighted by Gasteiger charge is -2.19. The highest BCUT2D eigenvalue weighted by atomic mass is 19.2. The molecular formula is C37H51F3. The van der Waals surface area contributed by atoms with Crippen molar-refractivity contribution < 1.29 is 13.2 Å². The van der Waals surface area contributed by atoms with E-state index >= 15 is 0 Å². The molecule has 0 saturated heterocycles. The third-order valence-corrected chi connectivity index (χ3v) is 7.23. The zero-order valence-corrected chi connectivity index (χ0v) is 25.7. The molecule has 0 rings (SSSR count). The van der Waals surface area contributed by atoms with Crippen molar-refractivity contribution in [1.29, 1.82) is 0 Å². The molecule has 0 N–H and O–H groups in total. The summed E-state index contributed by atoms with van der Waals surface area (Å²) in [5.74, 6) is -0.882. The Morgan fingerprint density at radius 1 is 0.725 bits per heavy atom. The molecule has 220 valence electrons. The van der Waals surface area contributed by atoms with Gasteiger partial charge in [-0.1, -0.05) is 104 Å². The van der Waals surface area contributed by atoms with E-state index in [2.05, 4.69) is 79.8 Å². The van der Waals surface area contributed by atoms with Crippen LogP contribution in [0.25, 0.3) is 0 Å². The van der Waals surface area contributed by atoms with E-state index in [1.54, 1.807) is 6.08 Å². The van der Waals surface area contributed by atoms with Crippen LogP contribution in [0.1, 0.15) is 79.6 Å². The Balaban J connectivity index is 5.17. The fraction of sp³-hybridized carbons (Fsp3) is 0.405. The molecule has 0 aliphatic carbocycles. The highest BCUT2D eigenvalue weighted by Crippen LogP contribution is 2.30. The molecule has 2 unspecified atom stereocenters. The molecule has 0 fully saturated rings. The molecule has 40 heavy (non-hydrogen) atoms. The van der Waals surface area contributed by atoms with E-state index in [0.29, 0.717) is 36.2 Å². The van der Waals surface area contributed by atoms with Gasteiger partial charge in [-0.2, -0.15) is 0 Å². The van der Waals surface area contributed by atoms with Gasteiger partial charge in [-0.05, 0) is 90.7 Å². The lowest BCUT2D eigenvalue weighted by molar-refractivity contribution is 0.339.